The van der Waals surface area contributed by atoms with Gasteiger partial charge in [0.2, 0.25) is 10.0 Å². The van der Waals surface area contributed by atoms with E-state index in [1.54, 1.807) is 19.1 Å². The molecule has 2 aromatic rings. The molecule has 3 aliphatic carbocycles. The summed E-state index contributed by atoms with van der Waals surface area (Å²) in [6.07, 6.45) is 11.2. The molecule has 0 aromatic heterocycles. The number of carbonyl (C=O) groups is 1. The minimum absolute atomic E-state index is 0.0889. The molecule has 1 saturated carbocycles. The van der Waals surface area contributed by atoms with Crippen LogP contribution in [-0.4, -0.2) is 50.0 Å². The number of ether oxygens (including phenoxy) is 1. The zero-order valence-electron chi connectivity index (χ0n) is 25.6. The van der Waals surface area contributed by atoms with Crippen molar-refractivity contribution in [2.45, 2.75) is 81.5 Å². The lowest BCUT2D eigenvalue weighted by atomic mass is 9.59. The minimum atomic E-state index is -3.93. The Balaban J connectivity index is 1.32. The van der Waals surface area contributed by atoms with Crippen LogP contribution < -0.4 is 14.4 Å². The second kappa shape index (κ2) is 11.1. The number of anilines is 1. The highest BCUT2D eigenvalue weighted by Crippen LogP contribution is 2.51. The summed E-state index contributed by atoms with van der Waals surface area (Å²) in [5.41, 5.74) is 2.56. The molecule has 1 fully saturated rings. The van der Waals surface area contributed by atoms with E-state index in [2.05, 4.69) is 33.9 Å². The molecule has 2 N–H and O–H groups in total. The van der Waals surface area contributed by atoms with Crippen molar-refractivity contribution < 1.29 is 23.1 Å². The van der Waals surface area contributed by atoms with Crippen molar-refractivity contribution >= 4 is 33.2 Å². The number of benzene rings is 2. The summed E-state index contributed by atoms with van der Waals surface area (Å²) in [6, 6.07) is 11.5. The van der Waals surface area contributed by atoms with E-state index < -0.39 is 26.8 Å². The lowest BCUT2D eigenvalue weighted by molar-refractivity contribution is -0.0952. The third-order valence-electron chi connectivity index (χ3n) is 11.6. The van der Waals surface area contributed by atoms with Gasteiger partial charge in [-0.25, -0.2) is 13.1 Å². The van der Waals surface area contributed by atoms with Crippen molar-refractivity contribution in [3.63, 3.8) is 0 Å². The fraction of sp³-hybridized carbons (Fsp3) is 0.571. The van der Waals surface area contributed by atoms with Gasteiger partial charge in [-0.1, -0.05) is 36.7 Å². The summed E-state index contributed by atoms with van der Waals surface area (Å²) >= 11 is 6.42. The lowest BCUT2D eigenvalue weighted by Gasteiger charge is -2.51. The van der Waals surface area contributed by atoms with Gasteiger partial charge in [-0.2, -0.15) is 0 Å². The molecule has 7 nitrogen and oxygen atoms in total. The SMILES string of the molecule is C[C@@H]1[C@@H](C)C[C@H]2C=CC[C@@](O)(C2)[C@@H]2CC[C@H]2CN2C[C@@]3(CCCc4cc(Cl)ccc43)COc3ccc(cc32)C(=O)NS1(=O)=O. The Labute approximate surface area is 266 Å². The van der Waals surface area contributed by atoms with Crippen LogP contribution in [0.2, 0.25) is 5.02 Å². The summed E-state index contributed by atoms with van der Waals surface area (Å²) in [4.78, 5) is 15.8. The van der Waals surface area contributed by atoms with E-state index in [0.717, 1.165) is 49.4 Å². The van der Waals surface area contributed by atoms with Crippen molar-refractivity contribution in [1.29, 1.82) is 0 Å². The van der Waals surface area contributed by atoms with Gasteiger partial charge in [0.15, 0.2) is 0 Å². The first kappa shape index (κ1) is 30.1. The standard InChI is InChI=1S/C35H43ClN2O5S/c1-22-15-24-5-3-14-35(40,18-24)30-10-7-27(30)19-38-20-34(13-4-6-25-16-28(36)9-11-29(25)34)21-43-32-12-8-26(17-31(32)38)33(39)37-44(41,42)23(22)2/h3,5,8-9,11-12,16-17,22-24,27,30,40H,4,6-7,10,13-15,18-21H2,1-2H3,(H,37,39)/t22-,23+,24+,27-,30+,34-,35+/m0/s1. The summed E-state index contributed by atoms with van der Waals surface area (Å²) in [5, 5.41) is 12.1. The van der Waals surface area contributed by atoms with Crippen LogP contribution in [0.3, 0.4) is 0 Å². The number of amides is 1. The molecule has 236 valence electrons. The molecule has 7 atom stereocenters. The highest BCUT2D eigenvalue weighted by molar-refractivity contribution is 7.90. The van der Waals surface area contributed by atoms with E-state index in [1.165, 1.54) is 11.1 Å². The molecule has 0 saturated heterocycles. The Morgan fingerprint density at radius 2 is 1.98 bits per heavy atom. The van der Waals surface area contributed by atoms with Crippen molar-refractivity contribution in [3.05, 3.63) is 70.3 Å². The van der Waals surface area contributed by atoms with Crippen LogP contribution in [0.25, 0.3) is 0 Å². The average Bonchev–Trinajstić information content (AvgIpc) is 3.10. The topological polar surface area (TPSA) is 95.9 Å². The number of hydrogen-bond acceptors (Lipinski definition) is 6. The predicted octanol–water partition coefficient (Wildman–Crippen LogP) is 6.02. The quantitative estimate of drug-likeness (QED) is 0.343. The number of nitrogens with zero attached hydrogens (tertiary/aromatic N) is 1. The van der Waals surface area contributed by atoms with Gasteiger partial charge in [0, 0.05) is 29.1 Å². The molecule has 1 amide bonds. The Bertz CT molecular complexity index is 1610. The van der Waals surface area contributed by atoms with Gasteiger partial charge >= 0.3 is 0 Å². The van der Waals surface area contributed by atoms with Crippen LogP contribution in [0.1, 0.15) is 80.3 Å². The fourth-order valence-corrected chi connectivity index (χ4v) is 10.3. The Morgan fingerprint density at radius 3 is 2.77 bits per heavy atom. The van der Waals surface area contributed by atoms with Crippen LogP contribution in [0.4, 0.5) is 5.69 Å². The number of aliphatic hydroxyl groups is 1. The Kier molecular flexibility index (Phi) is 7.57. The van der Waals surface area contributed by atoms with E-state index in [4.69, 9.17) is 16.3 Å². The molecule has 7 rings (SSSR count). The largest absolute Gasteiger partial charge is 0.490 e. The molecule has 1 spiro atoms. The number of sulfonamides is 1. The average molecular weight is 639 g/mol. The molecule has 2 heterocycles. The van der Waals surface area contributed by atoms with Crippen LogP contribution in [0, 0.1) is 23.7 Å². The molecule has 4 bridgehead atoms. The van der Waals surface area contributed by atoms with Crippen molar-refractivity contribution in [2.75, 3.05) is 24.6 Å². The van der Waals surface area contributed by atoms with E-state index in [1.807, 2.05) is 19.1 Å². The highest BCUT2D eigenvalue weighted by atomic mass is 35.5. The molecular weight excluding hydrogens is 596 g/mol. The molecule has 2 aliphatic heterocycles. The number of fused-ring (bicyclic) bond motifs is 7. The maximum absolute atomic E-state index is 13.5. The highest BCUT2D eigenvalue weighted by Gasteiger charge is 2.50. The summed E-state index contributed by atoms with van der Waals surface area (Å²) in [6.45, 7) is 5.54. The molecule has 0 radical (unpaired) electrons. The van der Waals surface area contributed by atoms with Crippen molar-refractivity contribution in [2.24, 2.45) is 23.7 Å². The molecular formula is C35H43ClN2O5S. The Hall–Kier alpha value is -2.55. The van der Waals surface area contributed by atoms with Gasteiger partial charge in [-0.05, 0) is 123 Å². The van der Waals surface area contributed by atoms with Crippen LogP contribution in [0.5, 0.6) is 5.75 Å². The first-order chi connectivity index (χ1) is 21.0. The van der Waals surface area contributed by atoms with E-state index in [-0.39, 0.29) is 23.2 Å². The van der Waals surface area contributed by atoms with E-state index in [0.29, 0.717) is 49.6 Å². The number of carbonyl (C=O) groups excluding carboxylic acids is 1. The van der Waals surface area contributed by atoms with Crippen molar-refractivity contribution in [3.8, 4) is 5.75 Å². The predicted molar refractivity (Wildman–Crippen MR) is 173 cm³/mol. The molecule has 44 heavy (non-hydrogen) atoms. The molecule has 2 aromatic carbocycles. The third-order valence-corrected chi connectivity index (χ3v) is 13.7. The normalized spacial score (nSPS) is 36.2. The number of aryl methyl sites for hydroxylation is 1. The van der Waals surface area contributed by atoms with E-state index >= 15 is 0 Å². The summed E-state index contributed by atoms with van der Waals surface area (Å²) in [5.74, 6) is 0.427. The minimum Gasteiger partial charge on any atom is -0.490 e. The lowest BCUT2D eigenvalue weighted by Crippen LogP contribution is -2.54. The summed E-state index contributed by atoms with van der Waals surface area (Å²) in [7, 11) is -3.93. The Morgan fingerprint density at radius 1 is 1.14 bits per heavy atom. The number of rotatable bonds is 0. The molecule has 9 heteroatoms. The number of allylic oxidation sites excluding steroid dienone is 1. The number of nitrogens with one attached hydrogen (secondary N) is 1. The second-order valence-corrected chi connectivity index (χ2v) is 16.8. The molecule has 0 unspecified atom stereocenters. The monoisotopic (exact) mass is 638 g/mol. The second-order valence-electron chi connectivity index (χ2n) is 14.3. The number of hydrogen-bond donors (Lipinski definition) is 2. The first-order valence-electron chi connectivity index (χ1n) is 16.2. The maximum Gasteiger partial charge on any atom is 0.264 e. The molecule has 5 aliphatic rings. The zero-order chi connectivity index (χ0) is 30.9. The fourth-order valence-electron chi connectivity index (χ4n) is 8.82. The smallest absolute Gasteiger partial charge is 0.264 e. The maximum atomic E-state index is 13.5. The van der Waals surface area contributed by atoms with Crippen LogP contribution >= 0.6 is 11.6 Å². The van der Waals surface area contributed by atoms with Gasteiger partial charge in [-0.15, -0.1) is 0 Å². The van der Waals surface area contributed by atoms with Gasteiger partial charge in [-0.3, -0.25) is 4.79 Å². The van der Waals surface area contributed by atoms with Gasteiger partial charge in [0.25, 0.3) is 5.91 Å². The van der Waals surface area contributed by atoms with Gasteiger partial charge in [0.05, 0.1) is 23.1 Å². The van der Waals surface area contributed by atoms with Crippen LogP contribution in [0.15, 0.2) is 48.6 Å². The first-order valence-corrected chi connectivity index (χ1v) is 18.1. The third kappa shape index (κ3) is 5.25. The number of halogens is 1. The van der Waals surface area contributed by atoms with Crippen molar-refractivity contribution in [1.82, 2.24) is 4.72 Å². The zero-order valence-corrected chi connectivity index (χ0v) is 27.2. The van der Waals surface area contributed by atoms with Crippen LogP contribution in [-0.2, 0) is 21.9 Å². The van der Waals surface area contributed by atoms with Gasteiger partial charge in [0.1, 0.15) is 5.75 Å². The summed E-state index contributed by atoms with van der Waals surface area (Å²) < 4.78 is 35.8. The van der Waals surface area contributed by atoms with Gasteiger partial charge < -0.3 is 14.7 Å². The van der Waals surface area contributed by atoms with E-state index in [9.17, 15) is 18.3 Å².